The van der Waals surface area contributed by atoms with Crippen LogP contribution >= 0.6 is 10.7 Å². The first-order valence-electron chi connectivity index (χ1n) is 3.89. The van der Waals surface area contributed by atoms with Crippen LogP contribution in [0.25, 0.3) is 0 Å². The highest BCUT2D eigenvalue weighted by Crippen LogP contribution is 2.30. The first-order chi connectivity index (χ1) is 7.75. The topological polar surface area (TPSA) is 67.2 Å². The minimum atomic E-state index is -4.46. The van der Waals surface area contributed by atoms with Crippen molar-refractivity contribution in [3.05, 3.63) is 23.5 Å². The number of rotatable bonds is 3. The summed E-state index contributed by atoms with van der Waals surface area (Å²) in [4.78, 5) is -0.962. The Labute approximate surface area is 98.6 Å². The highest BCUT2D eigenvalue weighted by atomic mass is 35.7. The molecule has 4 nitrogen and oxygen atoms in total. The molecule has 0 amide bonds. The van der Waals surface area contributed by atoms with Crippen molar-refractivity contribution in [1.82, 2.24) is 0 Å². The maximum Gasteiger partial charge on any atom is 0.387 e. The summed E-state index contributed by atoms with van der Waals surface area (Å²) in [5.41, 5.74) is -0.635. The van der Waals surface area contributed by atoms with E-state index in [1.165, 1.54) is 6.07 Å². The van der Waals surface area contributed by atoms with Gasteiger partial charge in [-0.3, -0.25) is 0 Å². The van der Waals surface area contributed by atoms with Gasteiger partial charge in [-0.25, -0.2) is 12.8 Å². The Morgan fingerprint density at radius 2 is 2.00 bits per heavy atom. The predicted molar refractivity (Wildman–Crippen MR) is 50.8 cm³/mol. The van der Waals surface area contributed by atoms with Crippen LogP contribution in [0.2, 0.25) is 0 Å². The van der Waals surface area contributed by atoms with E-state index in [9.17, 15) is 21.6 Å². The molecule has 0 spiro atoms. The Morgan fingerprint density at radius 1 is 1.41 bits per heavy atom. The third kappa shape index (κ3) is 3.25. The van der Waals surface area contributed by atoms with Gasteiger partial charge in [-0.1, -0.05) is 0 Å². The van der Waals surface area contributed by atoms with Gasteiger partial charge in [-0.2, -0.15) is 14.0 Å². The van der Waals surface area contributed by atoms with Gasteiger partial charge in [0.2, 0.25) is 0 Å². The zero-order chi connectivity index (χ0) is 13.2. The SMILES string of the molecule is N#Cc1cc(OC(F)F)c(S(=O)(=O)Cl)cc1F. The molecule has 0 bridgehead atoms. The second-order valence-corrected chi connectivity index (χ2v) is 5.24. The lowest BCUT2D eigenvalue weighted by Crippen LogP contribution is -2.07. The number of nitriles is 1. The number of hydrogen-bond donors (Lipinski definition) is 0. The first kappa shape index (κ1) is 13.6. The lowest BCUT2D eigenvalue weighted by atomic mass is 10.2. The zero-order valence-corrected chi connectivity index (χ0v) is 9.40. The van der Waals surface area contributed by atoms with E-state index in [2.05, 4.69) is 4.74 Å². The number of alkyl halides is 2. The standard InChI is InChI=1S/C8H3ClF3NO3S/c9-17(14,15)7-2-5(10)4(3-13)1-6(7)16-8(11)12/h1-2,8H. The van der Waals surface area contributed by atoms with Crippen LogP contribution in [0.1, 0.15) is 5.56 Å². The van der Waals surface area contributed by atoms with E-state index >= 15 is 0 Å². The largest absolute Gasteiger partial charge is 0.433 e. The molecule has 0 unspecified atom stereocenters. The van der Waals surface area contributed by atoms with Crippen molar-refractivity contribution < 1.29 is 26.3 Å². The average Bonchev–Trinajstić information content (AvgIpc) is 2.17. The van der Waals surface area contributed by atoms with Gasteiger partial charge in [-0.05, 0) is 6.07 Å². The van der Waals surface area contributed by atoms with E-state index in [0.29, 0.717) is 12.1 Å². The predicted octanol–water partition coefficient (Wildman–Crippen LogP) is 2.23. The number of benzene rings is 1. The molecule has 0 aromatic heterocycles. The van der Waals surface area contributed by atoms with Crippen LogP contribution in [0.15, 0.2) is 17.0 Å². The molecule has 0 heterocycles. The average molecular weight is 286 g/mol. The van der Waals surface area contributed by atoms with Crippen LogP contribution in [-0.4, -0.2) is 15.0 Å². The van der Waals surface area contributed by atoms with E-state index < -0.39 is 37.7 Å². The zero-order valence-electron chi connectivity index (χ0n) is 7.82. The highest BCUT2D eigenvalue weighted by molar-refractivity contribution is 8.13. The number of nitrogens with zero attached hydrogens (tertiary/aromatic N) is 1. The minimum absolute atomic E-state index is 0.346. The van der Waals surface area contributed by atoms with Gasteiger partial charge in [0.05, 0.1) is 5.56 Å². The van der Waals surface area contributed by atoms with Gasteiger partial charge >= 0.3 is 6.61 Å². The van der Waals surface area contributed by atoms with E-state index in [0.717, 1.165) is 0 Å². The maximum atomic E-state index is 13.1. The summed E-state index contributed by atoms with van der Waals surface area (Å²) in [5.74, 6) is -2.08. The van der Waals surface area contributed by atoms with Gasteiger partial charge in [0.25, 0.3) is 9.05 Å². The van der Waals surface area contributed by atoms with Gasteiger partial charge in [-0.15, -0.1) is 0 Å². The third-order valence-electron chi connectivity index (χ3n) is 1.63. The molecule has 0 N–H and O–H groups in total. The van der Waals surface area contributed by atoms with E-state index in [-0.39, 0.29) is 0 Å². The minimum Gasteiger partial charge on any atom is -0.433 e. The molecule has 9 heteroatoms. The Kier molecular flexibility index (Phi) is 3.85. The molecule has 1 rings (SSSR count). The number of ether oxygens (including phenoxy) is 1. The smallest absolute Gasteiger partial charge is 0.387 e. The molecule has 17 heavy (non-hydrogen) atoms. The molecule has 0 aliphatic rings. The summed E-state index contributed by atoms with van der Waals surface area (Å²) >= 11 is 0. The molecule has 0 saturated heterocycles. The normalized spacial score (nSPS) is 11.3. The molecule has 92 valence electrons. The summed E-state index contributed by atoms with van der Waals surface area (Å²) in [7, 11) is 0.450. The van der Waals surface area contributed by atoms with Crippen molar-refractivity contribution in [2.75, 3.05) is 0 Å². The van der Waals surface area contributed by atoms with Gasteiger partial charge in [0.1, 0.15) is 22.5 Å². The highest BCUT2D eigenvalue weighted by Gasteiger charge is 2.22. The molecule has 0 radical (unpaired) electrons. The molecule has 0 saturated carbocycles. The molecular formula is C8H3ClF3NO3S. The third-order valence-corrected chi connectivity index (χ3v) is 2.98. The Hall–Kier alpha value is -1.46. The summed E-state index contributed by atoms with van der Waals surface area (Å²) in [6.45, 7) is -3.33. The summed E-state index contributed by atoms with van der Waals surface area (Å²) in [6, 6.07) is 2.23. The van der Waals surface area contributed by atoms with Gasteiger partial charge in [0.15, 0.2) is 0 Å². The van der Waals surface area contributed by atoms with Crippen LogP contribution in [0, 0.1) is 17.1 Å². The Morgan fingerprint density at radius 3 is 2.41 bits per heavy atom. The lowest BCUT2D eigenvalue weighted by molar-refractivity contribution is -0.0518. The number of hydrogen-bond acceptors (Lipinski definition) is 4. The van der Waals surface area contributed by atoms with Crippen LogP contribution < -0.4 is 4.74 Å². The van der Waals surface area contributed by atoms with Crippen molar-refractivity contribution >= 4 is 19.7 Å². The fourth-order valence-corrected chi connectivity index (χ4v) is 1.95. The molecule has 0 aliphatic heterocycles. The molecule has 0 aliphatic carbocycles. The maximum absolute atomic E-state index is 13.1. The summed E-state index contributed by atoms with van der Waals surface area (Å²) in [5, 5.41) is 8.46. The first-order valence-corrected chi connectivity index (χ1v) is 6.19. The molecule has 0 fully saturated rings. The van der Waals surface area contributed by atoms with Crippen LogP contribution in [-0.2, 0) is 9.05 Å². The van der Waals surface area contributed by atoms with Crippen LogP contribution in [0.4, 0.5) is 13.2 Å². The molecular weight excluding hydrogens is 283 g/mol. The van der Waals surface area contributed by atoms with E-state index in [1.54, 1.807) is 0 Å². The van der Waals surface area contributed by atoms with E-state index in [1.807, 2.05) is 0 Å². The Bertz CT molecular complexity index is 582. The van der Waals surface area contributed by atoms with Crippen molar-refractivity contribution in [3.63, 3.8) is 0 Å². The van der Waals surface area contributed by atoms with Gasteiger partial charge < -0.3 is 4.74 Å². The van der Waals surface area contributed by atoms with Crippen LogP contribution in [0.5, 0.6) is 5.75 Å². The molecule has 0 atom stereocenters. The second-order valence-electron chi connectivity index (χ2n) is 2.71. The van der Waals surface area contributed by atoms with Gasteiger partial charge in [0, 0.05) is 16.7 Å². The molecule has 1 aromatic carbocycles. The fraction of sp³-hybridized carbons (Fsp3) is 0.125. The van der Waals surface area contributed by atoms with Crippen molar-refractivity contribution in [2.45, 2.75) is 11.5 Å². The lowest BCUT2D eigenvalue weighted by Gasteiger charge is -2.09. The quantitative estimate of drug-likeness (QED) is 0.799. The monoisotopic (exact) mass is 285 g/mol. The summed E-state index contributed by atoms with van der Waals surface area (Å²) in [6.07, 6.45) is 0. The second kappa shape index (κ2) is 4.81. The number of halogens is 4. The Balaban J connectivity index is 3.48. The fourth-order valence-electron chi connectivity index (χ4n) is 0.999. The summed E-state index contributed by atoms with van der Waals surface area (Å²) < 4.78 is 62.9. The van der Waals surface area contributed by atoms with Crippen LogP contribution in [0.3, 0.4) is 0 Å². The van der Waals surface area contributed by atoms with Crippen molar-refractivity contribution in [1.29, 1.82) is 5.26 Å². The molecule has 1 aromatic rings. The van der Waals surface area contributed by atoms with Crippen molar-refractivity contribution in [2.24, 2.45) is 0 Å². The van der Waals surface area contributed by atoms with Crippen molar-refractivity contribution in [3.8, 4) is 11.8 Å². The van der Waals surface area contributed by atoms with E-state index in [4.69, 9.17) is 15.9 Å².